The lowest BCUT2D eigenvalue weighted by atomic mass is 10.2. The summed E-state index contributed by atoms with van der Waals surface area (Å²) in [5.41, 5.74) is 5.15. The van der Waals surface area contributed by atoms with Gasteiger partial charge in [-0.25, -0.2) is 0 Å². The van der Waals surface area contributed by atoms with Crippen LogP contribution in [0.1, 0.15) is 0 Å². The number of nitrogens with two attached hydrogens (primary N) is 1. The fraction of sp³-hybridized carbons (Fsp3) is 0.154. The van der Waals surface area contributed by atoms with Gasteiger partial charge in [0.15, 0.2) is 5.82 Å². The fourth-order valence-corrected chi connectivity index (χ4v) is 2.34. The SMILES string of the molecule is C=CCNc1nnc(SCC(N)=O)c2ccccc12. The molecule has 0 atom stereocenters. The van der Waals surface area contributed by atoms with Gasteiger partial charge < -0.3 is 11.1 Å². The van der Waals surface area contributed by atoms with Crippen molar-refractivity contribution in [2.75, 3.05) is 17.6 Å². The van der Waals surface area contributed by atoms with Gasteiger partial charge in [-0.2, -0.15) is 0 Å². The van der Waals surface area contributed by atoms with E-state index in [1.54, 1.807) is 6.08 Å². The van der Waals surface area contributed by atoms with E-state index in [1.807, 2.05) is 24.3 Å². The van der Waals surface area contributed by atoms with Gasteiger partial charge in [0.25, 0.3) is 0 Å². The largest absolute Gasteiger partial charge is 0.369 e. The van der Waals surface area contributed by atoms with Gasteiger partial charge in [-0.15, -0.1) is 16.8 Å². The zero-order valence-corrected chi connectivity index (χ0v) is 11.1. The van der Waals surface area contributed by atoms with Crippen LogP contribution in [0.3, 0.4) is 0 Å². The smallest absolute Gasteiger partial charge is 0.227 e. The minimum absolute atomic E-state index is 0.193. The van der Waals surface area contributed by atoms with Crippen LogP contribution in [-0.2, 0) is 4.79 Å². The maximum atomic E-state index is 10.8. The van der Waals surface area contributed by atoms with Crippen molar-refractivity contribution < 1.29 is 4.79 Å². The van der Waals surface area contributed by atoms with Crippen LogP contribution in [0.5, 0.6) is 0 Å². The molecule has 2 aromatic rings. The van der Waals surface area contributed by atoms with E-state index in [2.05, 4.69) is 22.1 Å². The van der Waals surface area contributed by atoms with E-state index in [0.29, 0.717) is 17.4 Å². The molecule has 1 aromatic carbocycles. The molecule has 5 nitrogen and oxygen atoms in total. The maximum absolute atomic E-state index is 10.8. The number of nitrogens with zero attached hydrogens (tertiary/aromatic N) is 2. The Morgan fingerprint density at radius 2 is 2.11 bits per heavy atom. The van der Waals surface area contributed by atoms with Gasteiger partial charge in [0, 0.05) is 17.3 Å². The van der Waals surface area contributed by atoms with Crippen LogP contribution in [0.4, 0.5) is 5.82 Å². The molecule has 2 rings (SSSR count). The predicted octanol–water partition coefficient (Wildman–Crippen LogP) is 1.81. The van der Waals surface area contributed by atoms with Crippen molar-refractivity contribution in [3.05, 3.63) is 36.9 Å². The van der Waals surface area contributed by atoms with Crippen LogP contribution in [0.25, 0.3) is 10.8 Å². The molecule has 0 aliphatic heterocycles. The van der Waals surface area contributed by atoms with Crippen LogP contribution >= 0.6 is 11.8 Å². The van der Waals surface area contributed by atoms with Crippen LogP contribution in [0.15, 0.2) is 41.9 Å². The number of hydrogen-bond acceptors (Lipinski definition) is 5. The molecule has 0 aliphatic carbocycles. The number of rotatable bonds is 6. The number of anilines is 1. The van der Waals surface area contributed by atoms with Gasteiger partial charge in [0.05, 0.1) is 5.75 Å². The van der Waals surface area contributed by atoms with E-state index in [4.69, 9.17) is 5.73 Å². The summed E-state index contributed by atoms with van der Waals surface area (Å²) in [5.74, 6) is 0.529. The quantitative estimate of drug-likeness (QED) is 0.620. The Bertz CT molecular complexity index is 615. The van der Waals surface area contributed by atoms with Crippen molar-refractivity contribution >= 4 is 34.3 Å². The summed E-state index contributed by atoms with van der Waals surface area (Å²) in [7, 11) is 0. The number of amides is 1. The van der Waals surface area contributed by atoms with Crippen molar-refractivity contribution in [2.24, 2.45) is 5.73 Å². The van der Waals surface area contributed by atoms with Gasteiger partial charge >= 0.3 is 0 Å². The molecule has 1 aromatic heterocycles. The minimum atomic E-state index is -0.371. The highest BCUT2D eigenvalue weighted by Crippen LogP contribution is 2.28. The van der Waals surface area contributed by atoms with E-state index >= 15 is 0 Å². The molecule has 1 amide bonds. The second-order valence-electron chi connectivity index (χ2n) is 3.82. The zero-order chi connectivity index (χ0) is 13.7. The molecule has 0 saturated heterocycles. The molecule has 98 valence electrons. The van der Waals surface area contributed by atoms with Crippen molar-refractivity contribution in [2.45, 2.75) is 5.03 Å². The fourth-order valence-electron chi connectivity index (χ4n) is 1.62. The Morgan fingerprint density at radius 3 is 2.79 bits per heavy atom. The van der Waals surface area contributed by atoms with Crippen LogP contribution in [-0.4, -0.2) is 28.4 Å². The van der Waals surface area contributed by atoms with Gasteiger partial charge in [-0.3, -0.25) is 4.79 Å². The van der Waals surface area contributed by atoms with E-state index < -0.39 is 0 Å². The van der Waals surface area contributed by atoms with Crippen LogP contribution in [0.2, 0.25) is 0 Å². The Hall–Kier alpha value is -2.08. The number of primary amides is 1. The number of benzene rings is 1. The summed E-state index contributed by atoms with van der Waals surface area (Å²) < 4.78 is 0. The molecular weight excluding hydrogens is 260 g/mol. The van der Waals surface area contributed by atoms with Gasteiger partial charge in [0.2, 0.25) is 5.91 Å². The highest BCUT2D eigenvalue weighted by Gasteiger charge is 2.09. The first-order valence-corrected chi connectivity index (χ1v) is 6.72. The number of aromatic nitrogens is 2. The summed E-state index contributed by atoms with van der Waals surface area (Å²) in [6.45, 7) is 4.27. The van der Waals surface area contributed by atoms with Crippen molar-refractivity contribution in [3.63, 3.8) is 0 Å². The van der Waals surface area contributed by atoms with Gasteiger partial charge in [0.1, 0.15) is 5.03 Å². The topological polar surface area (TPSA) is 80.9 Å². The van der Waals surface area contributed by atoms with Gasteiger partial charge in [-0.1, -0.05) is 42.1 Å². The molecule has 0 spiro atoms. The minimum Gasteiger partial charge on any atom is -0.369 e. The second kappa shape index (κ2) is 6.19. The second-order valence-corrected chi connectivity index (χ2v) is 4.79. The average molecular weight is 274 g/mol. The first kappa shape index (κ1) is 13.4. The molecule has 0 unspecified atom stereocenters. The lowest BCUT2D eigenvalue weighted by molar-refractivity contribution is -0.115. The zero-order valence-electron chi connectivity index (χ0n) is 10.3. The van der Waals surface area contributed by atoms with Crippen molar-refractivity contribution in [3.8, 4) is 0 Å². The molecule has 6 heteroatoms. The van der Waals surface area contributed by atoms with Crippen molar-refractivity contribution in [1.29, 1.82) is 0 Å². The first-order valence-electron chi connectivity index (χ1n) is 5.73. The van der Waals surface area contributed by atoms with Gasteiger partial charge in [-0.05, 0) is 0 Å². The molecule has 0 aliphatic rings. The maximum Gasteiger partial charge on any atom is 0.227 e. The molecular formula is C13H14N4OS. The molecule has 19 heavy (non-hydrogen) atoms. The standard InChI is InChI=1S/C13H14N4OS/c1-2-7-15-12-9-5-3-4-6-10(9)13(17-16-12)19-8-11(14)18/h2-6H,1,7-8H2,(H2,14,18)(H,15,16). The Kier molecular flexibility index (Phi) is 4.35. The third-order valence-electron chi connectivity index (χ3n) is 2.42. The summed E-state index contributed by atoms with van der Waals surface area (Å²) in [6.07, 6.45) is 1.76. The number of nitrogens with one attached hydrogen (secondary N) is 1. The molecule has 0 radical (unpaired) electrons. The molecule has 1 heterocycles. The Balaban J connectivity index is 2.39. The number of fused-ring (bicyclic) bond motifs is 1. The molecule has 3 N–H and O–H groups in total. The van der Waals surface area contributed by atoms with E-state index in [-0.39, 0.29) is 11.7 Å². The average Bonchev–Trinajstić information content (AvgIpc) is 2.43. The van der Waals surface area contributed by atoms with Crippen LogP contribution in [0, 0.1) is 0 Å². The number of carbonyl (C=O) groups is 1. The summed E-state index contributed by atoms with van der Waals surface area (Å²) in [4.78, 5) is 10.8. The third-order valence-corrected chi connectivity index (χ3v) is 3.42. The van der Waals surface area contributed by atoms with E-state index in [9.17, 15) is 4.79 Å². The lowest BCUT2D eigenvalue weighted by Gasteiger charge is -2.08. The summed E-state index contributed by atoms with van der Waals surface area (Å²) >= 11 is 1.29. The number of carbonyl (C=O) groups excluding carboxylic acids is 1. The Labute approximate surface area is 115 Å². The molecule has 0 bridgehead atoms. The van der Waals surface area contributed by atoms with E-state index in [1.165, 1.54) is 11.8 Å². The predicted molar refractivity (Wildman–Crippen MR) is 78.1 cm³/mol. The highest BCUT2D eigenvalue weighted by molar-refractivity contribution is 8.00. The molecule has 0 fully saturated rings. The monoisotopic (exact) mass is 274 g/mol. The number of hydrogen-bond donors (Lipinski definition) is 2. The van der Waals surface area contributed by atoms with Crippen LogP contribution < -0.4 is 11.1 Å². The van der Waals surface area contributed by atoms with E-state index in [0.717, 1.165) is 10.8 Å². The number of thioether (sulfide) groups is 1. The summed E-state index contributed by atoms with van der Waals surface area (Å²) in [6, 6.07) is 7.78. The highest BCUT2D eigenvalue weighted by atomic mass is 32.2. The summed E-state index contributed by atoms with van der Waals surface area (Å²) in [5, 5.41) is 14.0. The first-order chi connectivity index (χ1) is 9.22. The van der Waals surface area contributed by atoms with Crippen molar-refractivity contribution in [1.82, 2.24) is 10.2 Å². The Morgan fingerprint density at radius 1 is 1.37 bits per heavy atom. The lowest BCUT2D eigenvalue weighted by Crippen LogP contribution is -2.13. The third kappa shape index (κ3) is 3.23. The molecule has 0 saturated carbocycles. The normalized spacial score (nSPS) is 10.3.